The van der Waals surface area contributed by atoms with E-state index in [1.165, 1.54) is 6.07 Å². The second-order valence-electron chi connectivity index (χ2n) is 7.02. The molecule has 0 saturated carbocycles. The molecule has 9 heteroatoms. The Morgan fingerprint density at radius 1 is 1.39 bits per heavy atom. The quantitative estimate of drug-likeness (QED) is 0.400. The Kier molecular flexibility index (Phi) is 6.94. The number of nitrogens with one attached hydrogen (secondary N) is 1. The Hall–Kier alpha value is -2.52. The first-order valence-electron chi connectivity index (χ1n) is 9.76. The average Bonchev–Trinajstić information content (AvgIpc) is 3.10. The van der Waals surface area contributed by atoms with Gasteiger partial charge in [-0.1, -0.05) is 0 Å². The fraction of sp³-hybridized carbons (Fsp3) is 0.579. The minimum absolute atomic E-state index is 0.0406. The van der Waals surface area contributed by atoms with Gasteiger partial charge in [-0.05, 0) is 32.3 Å². The summed E-state index contributed by atoms with van der Waals surface area (Å²) in [4.78, 5) is 25.1. The van der Waals surface area contributed by atoms with Gasteiger partial charge in [0, 0.05) is 56.3 Å². The zero-order valence-corrected chi connectivity index (χ0v) is 16.2. The number of piperidine rings is 1. The molecule has 0 bridgehead atoms. The maximum absolute atomic E-state index is 12.3. The number of amides is 1. The molecule has 3 rings (SSSR count). The predicted molar refractivity (Wildman–Crippen MR) is 105 cm³/mol. The van der Waals surface area contributed by atoms with E-state index in [9.17, 15) is 14.9 Å². The van der Waals surface area contributed by atoms with Gasteiger partial charge in [0.1, 0.15) is 0 Å². The van der Waals surface area contributed by atoms with Crippen LogP contribution in [0.1, 0.15) is 26.2 Å². The van der Waals surface area contributed by atoms with Gasteiger partial charge in [-0.3, -0.25) is 24.5 Å². The molecule has 0 spiro atoms. The van der Waals surface area contributed by atoms with Crippen molar-refractivity contribution in [3.63, 3.8) is 0 Å². The smallest absolute Gasteiger partial charge is 0.271 e. The number of carbonyl (C=O) groups excluding carboxylic acids is 1. The van der Waals surface area contributed by atoms with Crippen molar-refractivity contribution in [2.75, 3.05) is 32.8 Å². The highest BCUT2D eigenvalue weighted by Crippen LogP contribution is 2.22. The zero-order chi connectivity index (χ0) is 19.9. The Morgan fingerprint density at radius 3 is 2.89 bits per heavy atom. The molecule has 1 amide bonds. The standard InChI is InChI=1S/C19H27N5O4/c1-2-28-11-3-8-20-19(25)15-6-9-22(10-7-15)14-23-18-12-17(24(26)27)5-4-16(18)13-21-23/h4-5,12-13,15H,2-3,6-11,14H2,1H3,(H,20,25). The van der Waals surface area contributed by atoms with E-state index in [1.54, 1.807) is 23.0 Å². The molecule has 2 heterocycles. The van der Waals surface area contributed by atoms with Crippen molar-refractivity contribution in [3.05, 3.63) is 34.5 Å². The number of hydrogen-bond acceptors (Lipinski definition) is 6. The summed E-state index contributed by atoms with van der Waals surface area (Å²) in [5.41, 5.74) is 0.817. The number of fused-ring (bicyclic) bond motifs is 1. The van der Waals surface area contributed by atoms with Crippen LogP contribution in [0.15, 0.2) is 24.4 Å². The van der Waals surface area contributed by atoms with E-state index < -0.39 is 4.92 Å². The molecule has 0 radical (unpaired) electrons. The lowest BCUT2D eigenvalue weighted by atomic mass is 9.96. The number of nitro groups is 1. The van der Waals surface area contributed by atoms with Gasteiger partial charge in [0.15, 0.2) is 0 Å². The molecular weight excluding hydrogens is 362 g/mol. The number of ether oxygens (including phenoxy) is 1. The van der Waals surface area contributed by atoms with Crippen molar-refractivity contribution in [1.29, 1.82) is 0 Å². The Balaban J connectivity index is 1.49. The molecule has 1 aliphatic rings. The van der Waals surface area contributed by atoms with Gasteiger partial charge >= 0.3 is 0 Å². The van der Waals surface area contributed by atoms with Crippen LogP contribution in [0.5, 0.6) is 0 Å². The minimum Gasteiger partial charge on any atom is -0.382 e. The van der Waals surface area contributed by atoms with Crippen molar-refractivity contribution < 1.29 is 14.5 Å². The van der Waals surface area contributed by atoms with Crippen LogP contribution < -0.4 is 5.32 Å². The first kappa shape index (κ1) is 20.2. The Morgan fingerprint density at radius 2 is 2.18 bits per heavy atom. The van der Waals surface area contributed by atoms with Crippen LogP contribution in [0.4, 0.5) is 5.69 Å². The lowest BCUT2D eigenvalue weighted by molar-refractivity contribution is -0.384. The van der Waals surface area contributed by atoms with Crippen LogP contribution in [-0.2, 0) is 16.2 Å². The molecule has 1 N–H and O–H groups in total. The Labute approximate surface area is 163 Å². The fourth-order valence-electron chi connectivity index (χ4n) is 3.49. The van der Waals surface area contributed by atoms with E-state index >= 15 is 0 Å². The summed E-state index contributed by atoms with van der Waals surface area (Å²) >= 11 is 0. The molecule has 1 saturated heterocycles. The van der Waals surface area contributed by atoms with Crippen LogP contribution >= 0.6 is 0 Å². The SMILES string of the molecule is CCOCCCNC(=O)C1CCN(Cn2ncc3ccc([N+](=O)[O-])cc32)CC1. The second-order valence-corrected chi connectivity index (χ2v) is 7.02. The first-order chi connectivity index (χ1) is 13.6. The molecule has 0 unspecified atom stereocenters. The van der Waals surface area contributed by atoms with Crippen LogP contribution in [0.25, 0.3) is 10.9 Å². The lowest BCUT2D eigenvalue weighted by Crippen LogP contribution is -2.41. The van der Waals surface area contributed by atoms with E-state index in [0.29, 0.717) is 26.4 Å². The van der Waals surface area contributed by atoms with Gasteiger partial charge in [-0.2, -0.15) is 5.10 Å². The zero-order valence-electron chi connectivity index (χ0n) is 16.2. The highest BCUT2D eigenvalue weighted by atomic mass is 16.6. The molecule has 1 aliphatic heterocycles. The van der Waals surface area contributed by atoms with Gasteiger partial charge in [-0.25, -0.2) is 0 Å². The predicted octanol–water partition coefficient (Wildman–Crippen LogP) is 2.16. The number of benzene rings is 1. The van der Waals surface area contributed by atoms with Crippen molar-refractivity contribution in [2.45, 2.75) is 32.9 Å². The van der Waals surface area contributed by atoms with Crippen LogP contribution in [0.2, 0.25) is 0 Å². The fourth-order valence-corrected chi connectivity index (χ4v) is 3.49. The summed E-state index contributed by atoms with van der Waals surface area (Å²) in [5.74, 6) is 0.162. The maximum Gasteiger partial charge on any atom is 0.271 e. The topological polar surface area (TPSA) is 103 Å². The first-order valence-corrected chi connectivity index (χ1v) is 9.76. The van der Waals surface area contributed by atoms with Crippen molar-refractivity contribution >= 4 is 22.5 Å². The summed E-state index contributed by atoms with van der Waals surface area (Å²) < 4.78 is 7.06. The summed E-state index contributed by atoms with van der Waals surface area (Å²) in [6, 6.07) is 4.77. The molecule has 0 atom stereocenters. The van der Waals surface area contributed by atoms with Crippen LogP contribution in [-0.4, -0.2) is 58.4 Å². The van der Waals surface area contributed by atoms with Gasteiger partial charge in [0.2, 0.25) is 5.91 Å². The summed E-state index contributed by atoms with van der Waals surface area (Å²) in [6.45, 7) is 6.14. The van der Waals surface area contributed by atoms with E-state index in [4.69, 9.17) is 4.74 Å². The number of nitro benzene ring substituents is 1. The van der Waals surface area contributed by atoms with Gasteiger partial charge in [-0.15, -0.1) is 0 Å². The van der Waals surface area contributed by atoms with E-state index in [1.807, 2.05) is 6.92 Å². The highest BCUT2D eigenvalue weighted by Gasteiger charge is 2.25. The van der Waals surface area contributed by atoms with Crippen molar-refractivity contribution in [3.8, 4) is 0 Å². The number of non-ortho nitro benzene ring substituents is 1. The summed E-state index contributed by atoms with van der Waals surface area (Å²) in [7, 11) is 0. The molecular formula is C19H27N5O4. The largest absolute Gasteiger partial charge is 0.382 e. The molecule has 0 aliphatic carbocycles. The summed E-state index contributed by atoms with van der Waals surface area (Å²) in [5, 5.41) is 19.3. The number of rotatable bonds is 9. The maximum atomic E-state index is 12.3. The number of hydrogen-bond donors (Lipinski definition) is 1. The third-order valence-corrected chi connectivity index (χ3v) is 5.10. The van der Waals surface area contributed by atoms with E-state index in [2.05, 4.69) is 15.3 Å². The molecule has 1 fully saturated rings. The Bertz CT molecular complexity index is 814. The van der Waals surface area contributed by atoms with Crippen molar-refractivity contribution in [1.82, 2.24) is 20.0 Å². The number of carbonyl (C=O) groups is 1. The van der Waals surface area contributed by atoms with E-state index in [-0.39, 0.29) is 17.5 Å². The van der Waals surface area contributed by atoms with Crippen LogP contribution in [0.3, 0.4) is 0 Å². The molecule has 2 aromatic rings. The van der Waals surface area contributed by atoms with E-state index in [0.717, 1.165) is 43.3 Å². The molecule has 28 heavy (non-hydrogen) atoms. The third kappa shape index (κ3) is 5.05. The average molecular weight is 389 g/mol. The molecule has 1 aromatic heterocycles. The van der Waals surface area contributed by atoms with Gasteiger partial charge in [0.05, 0.1) is 23.3 Å². The lowest BCUT2D eigenvalue weighted by Gasteiger charge is -2.31. The molecule has 152 valence electrons. The van der Waals surface area contributed by atoms with Gasteiger partial charge < -0.3 is 10.1 Å². The highest BCUT2D eigenvalue weighted by molar-refractivity contribution is 5.81. The number of nitrogens with zero attached hydrogens (tertiary/aromatic N) is 4. The van der Waals surface area contributed by atoms with Gasteiger partial charge in [0.25, 0.3) is 5.69 Å². The van der Waals surface area contributed by atoms with Crippen molar-refractivity contribution in [2.24, 2.45) is 5.92 Å². The number of aromatic nitrogens is 2. The van der Waals surface area contributed by atoms with Crippen LogP contribution in [0, 0.1) is 16.0 Å². The normalized spacial score (nSPS) is 15.8. The molecule has 9 nitrogen and oxygen atoms in total. The third-order valence-electron chi connectivity index (χ3n) is 5.10. The minimum atomic E-state index is -0.394. The molecule has 1 aromatic carbocycles. The number of likely N-dealkylation sites (tertiary alicyclic amines) is 1. The summed E-state index contributed by atoms with van der Waals surface area (Å²) in [6.07, 6.45) is 4.16. The monoisotopic (exact) mass is 389 g/mol. The second kappa shape index (κ2) is 9.61.